The summed E-state index contributed by atoms with van der Waals surface area (Å²) in [5.41, 5.74) is 2.40. The lowest BCUT2D eigenvalue weighted by Crippen LogP contribution is -1.98. The van der Waals surface area contributed by atoms with Crippen molar-refractivity contribution in [2.45, 2.75) is 13.5 Å². The molecular formula is C8H9N3O. The van der Waals surface area contributed by atoms with E-state index in [2.05, 4.69) is 10.1 Å². The van der Waals surface area contributed by atoms with Crippen LogP contribution in [0.25, 0.3) is 5.65 Å². The predicted octanol–water partition coefficient (Wildman–Crippen LogP) is 0.530. The third kappa shape index (κ3) is 0.967. The number of hydrogen-bond donors (Lipinski definition) is 1. The van der Waals surface area contributed by atoms with Gasteiger partial charge in [-0.15, -0.1) is 0 Å². The summed E-state index contributed by atoms with van der Waals surface area (Å²) in [5.74, 6) is 0. The van der Waals surface area contributed by atoms with Gasteiger partial charge < -0.3 is 5.11 Å². The number of aromatic nitrogens is 3. The molecular weight excluding hydrogens is 154 g/mol. The molecule has 62 valence electrons. The van der Waals surface area contributed by atoms with Gasteiger partial charge in [-0.1, -0.05) is 0 Å². The predicted molar refractivity (Wildman–Crippen MR) is 43.6 cm³/mol. The maximum atomic E-state index is 8.91. The molecule has 0 aromatic carbocycles. The molecule has 2 heterocycles. The fourth-order valence-electron chi connectivity index (χ4n) is 1.12. The Morgan fingerprint density at radius 2 is 2.33 bits per heavy atom. The van der Waals surface area contributed by atoms with Gasteiger partial charge in [0.1, 0.15) is 0 Å². The molecule has 2 aromatic rings. The summed E-state index contributed by atoms with van der Waals surface area (Å²) in [6.07, 6.45) is 1.63. The molecule has 0 saturated carbocycles. The van der Waals surface area contributed by atoms with Crippen LogP contribution in [0.3, 0.4) is 0 Å². The largest absolute Gasteiger partial charge is 0.390 e. The van der Waals surface area contributed by atoms with Gasteiger partial charge in [0.2, 0.25) is 0 Å². The Bertz CT molecular complexity index is 408. The average Bonchev–Trinajstić information content (AvgIpc) is 2.46. The summed E-state index contributed by atoms with van der Waals surface area (Å²) in [5, 5.41) is 13.1. The van der Waals surface area contributed by atoms with Crippen LogP contribution in [0.1, 0.15) is 11.4 Å². The molecule has 0 radical (unpaired) electrons. The first kappa shape index (κ1) is 7.24. The Labute approximate surface area is 69.5 Å². The zero-order valence-corrected chi connectivity index (χ0v) is 6.73. The van der Waals surface area contributed by atoms with Crippen molar-refractivity contribution in [2.75, 3.05) is 0 Å². The van der Waals surface area contributed by atoms with Crippen LogP contribution >= 0.6 is 0 Å². The topological polar surface area (TPSA) is 50.4 Å². The van der Waals surface area contributed by atoms with E-state index < -0.39 is 0 Å². The zero-order chi connectivity index (χ0) is 8.55. The summed E-state index contributed by atoms with van der Waals surface area (Å²) >= 11 is 0. The molecule has 0 aliphatic rings. The van der Waals surface area contributed by atoms with Crippen LogP contribution in [-0.4, -0.2) is 19.7 Å². The number of aliphatic hydroxyl groups excluding tert-OH is 1. The van der Waals surface area contributed by atoms with E-state index in [0.29, 0.717) is 5.69 Å². The minimum atomic E-state index is -0.0301. The van der Waals surface area contributed by atoms with Crippen molar-refractivity contribution in [3.05, 3.63) is 29.7 Å². The highest BCUT2D eigenvalue weighted by Crippen LogP contribution is 2.04. The standard InChI is InChI=1S/C8H9N3O/c1-6-2-3-8-9-4-7(5-12)11(8)10-6/h2-4,12H,5H2,1H3. The number of nitrogens with zero attached hydrogens (tertiary/aromatic N) is 3. The molecule has 0 fully saturated rings. The van der Waals surface area contributed by atoms with E-state index in [4.69, 9.17) is 5.11 Å². The molecule has 0 spiro atoms. The number of rotatable bonds is 1. The summed E-state index contributed by atoms with van der Waals surface area (Å²) in [6.45, 7) is 1.87. The first-order valence-corrected chi connectivity index (χ1v) is 3.72. The Morgan fingerprint density at radius 3 is 3.08 bits per heavy atom. The lowest BCUT2D eigenvalue weighted by atomic mass is 10.4. The van der Waals surface area contributed by atoms with Gasteiger partial charge in [0.25, 0.3) is 0 Å². The summed E-state index contributed by atoms with van der Waals surface area (Å²) in [4.78, 5) is 4.07. The van der Waals surface area contributed by atoms with Crippen LogP contribution < -0.4 is 0 Å². The number of hydrogen-bond acceptors (Lipinski definition) is 3. The van der Waals surface area contributed by atoms with Crippen molar-refractivity contribution in [3.63, 3.8) is 0 Å². The van der Waals surface area contributed by atoms with Crippen LogP contribution in [0.5, 0.6) is 0 Å². The number of fused-ring (bicyclic) bond motifs is 1. The molecule has 0 unspecified atom stereocenters. The van der Waals surface area contributed by atoms with Gasteiger partial charge in [-0.2, -0.15) is 5.10 Å². The van der Waals surface area contributed by atoms with Crippen molar-refractivity contribution in [2.24, 2.45) is 0 Å². The Balaban J connectivity index is 2.75. The zero-order valence-electron chi connectivity index (χ0n) is 6.73. The first-order valence-electron chi connectivity index (χ1n) is 3.72. The lowest BCUT2D eigenvalue weighted by molar-refractivity contribution is 0.274. The van der Waals surface area contributed by atoms with Crippen molar-refractivity contribution < 1.29 is 5.11 Å². The lowest BCUT2D eigenvalue weighted by Gasteiger charge is -1.96. The fourth-order valence-corrected chi connectivity index (χ4v) is 1.12. The van der Waals surface area contributed by atoms with Crippen LogP contribution in [-0.2, 0) is 6.61 Å². The van der Waals surface area contributed by atoms with Crippen LogP contribution in [0.4, 0.5) is 0 Å². The van der Waals surface area contributed by atoms with Crippen LogP contribution in [0.15, 0.2) is 18.3 Å². The highest BCUT2D eigenvalue weighted by atomic mass is 16.3. The molecule has 0 atom stereocenters. The van der Waals surface area contributed by atoms with Crippen LogP contribution in [0.2, 0.25) is 0 Å². The third-order valence-corrected chi connectivity index (χ3v) is 1.73. The van der Waals surface area contributed by atoms with E-state index >= 15 is 0 Å². The van der Waals surface area contributed by atoms with E-state index in [1.54, 1.807) is 10.7 Å². The van der Waals surface area contributed by atoms with Crippen molar-refractivity contribution in [1.82, 2.24) is 14.6 Å². The average molecular weight is 163 g/mol. The monoisotopic (exact) mass is 163 g/mol. The Hall–Kier alpha value is -1.42. The second kappa shape index (κ2) is 2.57. The highest BCUT2D eigenvalue weighted by molar-refractivity contribution is 5.38. The Kier molecular flexibility index (Phi) is 1.55. The molecule has 0 saturated heterocycles. The van der Waals surface area contributed by atoms with E-state index in [-0.39, 0.29) is 6.61 Å². The normalized spacial score (nSPS) is 10.8. The highest BCUT2D eigenvalue weighted by Gasteiger charge is 2.01. The number of imidazole rings is 1. The van der Waals surface area contributed by atoms with Crippen molar-refractivity contribution in [1.29, 1.82) is 0 Å². The molecule has 4 nitrogen and oxygen atoms in total. The van der Waals surface area contributed by atoms with E-state index in [9.17, 15) is 0 Å². The summed E-state index contributed by atoms with van der Waals surface area (Å²) in [7, 11) is 0. The van der Waals surface area contributed by atoms with Gasteiger partial charge in [0.05, 0.1) is 24.2 Å². The number of aliphatic hydroxyl groups is 1. The molecule has 0 aliphatic carbocycles. The van der Waals surface area contributed by atoms with Gasteiger partial charge in [-0.05, 0) is 19.1 Å². The SMILES string of the molecule is Cc1ccc2ncc(CO)n2n1. The Morgan fingerprint density at radius 1 is 1.50 bits per heavy atom. The maximum absolute atomic E-state index is 8.91. The van der Waals surface area contributed by atoms with Gasteiger partial charge >= 0.3 is 0 Å². The minimum absolute atomic E-state index is 0.0301. The maximum Gasteiger partial charge on any atom is 0.153 e. The first-order chi connectivity index (χ1) is 5.81. The second-order valence-electron chi connectivity index (χ2n) is 2.65. The quantitative estimate of drug-likeness (QED) is 0.667. The van der Waals surface area contributed by atoms with E-state index in [0.717, 1.165) is 11.3 Å². The van der Waals surface area contributed by atoms with Crippen LogP contribution in [0, 0.1) is 6.92 Å². The summed E-state index contributed by atoms with van der Waals surface area (Å²) < 4.78 is 1.65. The molecule has 0 bridgehead atoms. The second-order valence-corrected chi connectivity index (χ2v) is 2.65. The molecule has 0 amide bonds. The minimum Gasteiger partial charge on any atom is -0.390 e. The molecule has 2 aromatic heterocycles. The molecule has 2 rings (SSSR count). The van der Waals surface area contributed by atoms with Gasteiger partial charge in [0.15, 0.2) is 5.65 Å². The van der Waals surface area contributed by atoms with Crippen molar-refractivity contribution in [3.8, 4) is 0 Å². The fraction of sp³-hybridized carbons (Fsp3) is 0.250. The van der Waals surface area contributed by atoms with Gasteiger partial charge in [0, 0.05) is 0 Å². The smallest absolute Gasteiger partial charge is 0.153 e. The molecule has 4 heteroatoms. The van der Waals surface area contributed by atoms with E-state index in [1.807, 2.05) is 19.1 Å². The van der Waals surface area contributed by atoms with E-state index in [1.165, 1.54) is 0 Å². The number of aryl methyl sites for hydroxylation is 1. The van der Waals surface area contributed by atoms with Gasteiger partial charge in [-0.3, -0.25) is 0 Å². The third-order valence-electron chi connectivity index (χ3n) is 1.73. The van der Waals surface area contributed by atoms with Gasteiger partial charge in [-0.25, -0.2) is 9.50 Å². The summed E-state index contributed by atoms with van der Waals surface area (Å²) in [6, 6.07) is 3.77. The van der Waals surface area contributed by atoms with Crippen molar-refractivity contribution >= 4 is 5.65 Å². The molecule has 0 aliphatic heterocycles. The molecule has 1 N–H and O–H groups in total. The molecule has 12 heavy (non-hydrogen) atoms.